The molecule has 7 nitrogen and oxygen atoms in total. The number of fused-ring (bicyclic) bond motifs is 6. The Morgan fingerprint density at radius 2 is 0.925 bits per heavy atom. The molecule has 0 aromatic heterocycles. The van der Waals surface area contributed by atoms with Gasteiger partial charge >= 0.3 is 24.3 Å². The van der Waals surface area contributed by atoms with Crippen LogP contribution in [0.3, 0.4) is 0 Å². The Bertz CT molecular complexity index is 2080. The molecule has 2 aliphatic carbocycles. The van der Waals surface area contributed by atoms with Crippen LogP contribution in [0.15, 0.2) is 103 Å². The first-order valence-corrected chi connectivity index (χ1v) is 16.0. The number of carbonyl (C=O) groups is 2. The highest BCUT2D eigenvalue weighted by Gasteiger charge is 2.62. The molecule has 0 saturated heterocycles. The standard InChI is InChI=1S/2C16H11F3O3.C8H11N/c2*1-8-6-9(14(20)21)7-12-13(8)10-4-2-3-5-11(10)15(12,22)16(17,18)19;1-7(9)8-5-3-2-4-6-8/h2*2-7,22H,1H3,(H,20,21);2-7H,9H2,1H3/t;;7-/m..0/s1. The quantitative estimate of drug-likeness (QED) is 0.117. The normalized spacial score (nSPS) is 18.6. The van der Waals surface area contributed by atoms with Gasteiger partial charge in [-0.15, -0.1) is 0 Å². The Labute approximate surface area is 299 Å². The molecule has 7 rings (SSSR count). The lowest BCUT2D eigenvalue weighted by molar-refractivity contribution is -0.247. The Hall–Kier alpha value is -5.50. The van der Waals surface area contributed by atoms with Crippen LogP contribution in [0.25, 0.3) is 22.3 Å². The zero-order chi connectivity index (χ0) is 39.3. The predicted octanol–water partition coefficient (Wildman–Crippen LogP) is 8.65. The first kappa shape index (κ1) is 38.7. The number of benzene rings is 5. The fourth-order valence-corrected chi connectivity index (χ4v) is 6.80. The van der Waals surface area contributed by atoms with Gasteiger partial charge in [-0.2, -0.15) is 26.3 Å². The van der Waals surface area contributed by atoms with E-state index in [1.54, 1.807) is 12.1 Å². The van der Waals surface area contributed by atoms with Gasteiger partial charge < -0.3 is 26.2 Å². The summed E-state index contributed by atoms with van der Waals surface area (Å²) in [6, 6.07) is 26.0. The van der Waals surface area contributed by atoms with Gasteiger partial charge in [0.05, 0.1) is 11.1 Å². The number of hydrogen-bond acceptors (Lipinski definition) is 5. The van der Waals surface area contributed by atoms with Crippen LogP contribution in [0.1, 0.15) is 72.6 Å². The number of carboxylic acids is 2. The van der Waals surface area contributed by atoms with E-state index >= 15 is 0 Å². The summed E-state index contributed by atoms with van der Waals surface area (Å²) < 4.78 is 81.4. The largest absolute Gasteiger partial charge is 0.478 e. The molecule has 2 aliphatic rings. The summed E-state index contributed by atoms with van der Waals surface area (Å²) in [4.78, 5) is 22.2. The molecule has 0 bridgehead atoms. The van der Waals surface area contributed by atoms with Crippen molar-refractivity contribution in [1.29, 1.82) is 0 Å². The van der Waals surface area contributed by atoms with Gasteiger partial charge in [0.1, 0.15) is 0 Å². The van der Waals surface area contributed by atoms with Crippen LogP contribution in [0.4, 0.5) is 26.3 Å². The number of aryl methyl sites for hydroxylation is 2. The number of alkyl halides is 6. The summed E-state index contributed by atoms with van der Waals surface area (Å²) in [7, 11) is 0. The molecule has 5 aromatic rings. The van der Waals surface area contributed by atoms with Crippen molar-refractivity contribution in [1.82, 2.24) is 0 Å². The monoisotopic (exact) mass is 737 g/mol. The third-order valence-electron chi connectivity index (χ3n) is 9.26. The van der Waals surface area contributed by atoms with Gasteiger partial charge in [-0.05, 0) is 84.0 Å². The summed E-state index contributed by atoms with van der Waals surface area (Å²) in [5.74, 6) is -2.68. The SMILES string of the molecule is C[C@H](N)c1ccccc1.Cc1cc(C(=O)O)cc2c1-c1ccccc1C2(O)C(F)(F)F.Cc1cc(C(=O)O)cc2c1-c1ccccc1C2(O)C(F)(F)F. The van der Waals surface area contributed by atoms with Gasteiger partial charge in [-0.25, -0.2) is 9.59 Å². The van der Waals surface area contributed by atoms with Crippen molar-refractivity contribution in [2.24, 2.45) is 5.73 Å². The maximum atomic E-state index is 13.6. The van der Waals surface area contributed by atoms with Gasteiger partial charge in [-0.1, -0.05) is 78.9 Å². The minimum Gasteiger partial charge on any atom is -0.478 e. The number of hydrogen-bond donors (Lipinski definition) is 5. The first-order chi connectivity index (χ1) is 24.7. The van der Waals surface area contributed by atoms with Crippen molar-refractivity contribution in [3.63, 3.8) is 0 Å². The molecule has 2 unspecified atom stereocenters. The summed E-state index contributed by atoms with van der Waals surface area (Å²) in [6.07, 6.45) is -9.92. The van der Waals surface area contributed by atoms with E-state index in [0.29, 0.717) is 11.1 Å². The third-order valence-corrected chi connectivity index (χ3v) is 9.26. The Morgan fingerprint density at radius 3 is 1.23 bits per heavy atom. The summed E-state index contributed by atoms with van der Waals surface area (Å²) in [6.45, 7) is 5.05. The van der Waals surface area contributed by atoms with E-state index in [0.717, 1.165) is 12.1 Å². The van der Waals surface area contributed by atoms with Gasteiger partial charge in [0.15, 0.2) is 0 Å². The molecule has 0 spiro atoms. The average molecular weight is 738 g/mol. The number of aromatic carboxylic acids is 2. The van der Waals surface area contributed by atoms with E-state index in [2.05, 4.69) is 0 Å². The zero-order valence-electron chi connectivity index (χ0n) is 28.3. The lowest BCUT2D eigenvalue weighted by Crippen LogP contribution is -2.41. The molecule has 0 radical (unpaired) electrons. The molecule has 13 heteroatoms. The van der Waals surface area contributed by atoms with Crippen molar-refractivity contribution in [2.45, 2.75) is 50.4 Å². The van der Waals surface area contributed by atoms with Crippen molar-refractivity contribution in [3.8, 4) is 22.3 Å². The molecule has 276 valence electrons. The maximum Gasteiger partial charge on any atom is 0.425 e. The van der Waals surface area contributed by atoms with Crippen LogP contribution >= 0.6 is 0 Å². The number of rotatable bonds is 3. The molecule has 5 aromatic carbocycles. The fourth-order valence-electron chi connectivity index (χ4n) is 6.80. The minimum atomic E-state index is -4.96. The summed E-state index contributed by atoms with van der Waals surface area (Å²) in [5.41, 5.74) is 0.191. The Balaban J connectivity index is 0.000000167. The fraction of sp³-hybridized carbons (Fsp3) is 0.200. The van der Waals surface area contributed by atoms with Gasteiger partial charge in [-0.3, -0.25) is 0 Å². The number of aliphatic hydroxyl groups is 2. The number of nitrogens with two attached hydrogens (primary N) is 1. The highest BCUT2D eigenvalue weighted by Crippen LogP contribution is 2.57. The van der Waals surface area contributed by atoms with E-state index in [9.17, 15) is 46.1 Å². The topological polar surface area (TPSA) is 141 Å². The molecular weight excluding hydrogens is 704 g/mol. The van der Waals surface area contributed by atoms with Crippen LogP contribution < -0.4 is 5.73 Å². The Morgan fingerprint density at radius 1 is 0.585 bits per heavy atom. The average Bonchev–Trinajstić information content (AvgIpc) is 3.53. The predicted molar refractivity (Wildman–Crippen MR) is 184 cm³/mol. The van der Waals surface area contributed by atoms with Gasteiger partial charge in [0.2, 0.25) is 11.2 Å². The molecule has 0 saturated carbocycles. The second-order valence-electron chi connectivity index (χ2n) is 12.7. The molecule has 0 aliphatic heterocycles. The molecule has 0 heterocycles. The molecule has 0 amide bonds. The minimum absolute atomic E-state index is 0.159. The van der Waals surface area contributed by atoms with Crippen molar-refractivity contribution in [2.75, 3.05) is 0 Å². The zero-order valence-corrected chi connectivity index (χ0v) is 28.3. The van der Waals surface area contributed by atoms with Gasteiger partial charge in [0.25, 0.3) is 0 Å². The third kappa shape index (κ3) is 6.56. The second kappa shape index (κ2) is 13.8. The molecule has 53 heavy (non-hydrogen) atoms. The first-order valence-electron chi connectivity index (χ1n) is 16.0. The van der Waals surface area contributed by atoms with E-state index < -0.39 is 46.6 Å². The second-order valence-corrected chi connectivity index (χ2v) is 12.7. The maximum absolute atomic E-state index is 13.6. The highest BCUT2D eigenvalue weighted by molar-refractivity contribution is 5.93. The van der Waals surface area contributed by atoms with Crippen LogP contribution in [-0.4, -0.2) is 44.7 Å². The van der Waals surface area contributed by atoms with E-state index in [1.165, 1.54) is 67.9 Å². The van der Waals surface area contributed by atoms with Crippen LogP contribution in [-0.2, 0) is 11.2 Å². The van der Waals surface area contributed by atoms with Crippen LogP contribution in [0, 0.1) is 13.8 Å². The van der Waals surface area contributed by atoms with Gasteiger partial charge in [0, 0.05) is 28.3 Å². The van der Waals surface area contributed by atoms with Crippen LogP contribution in [0.5, 0.6) is 0 Å². The molecule has 0 fully saturated rings. The number of carboxylic acid groups (broad SMARTS) is 2. The highest BCUT2D eigenvalue weighted by atomic mass is 19.4. The Kier molecular flexibility index (Phi) is 10.1. The molecule has 6 N–H and O–H groups in total. The molecular formula is C40H33F6NO6. The smallest absolute Gasteiger partial charge is 0.425 e. The summed E-state index contributed by atoms with van der Waals surface area (Å²) >= 11 is 0. The lowest BCUT2D eigenvalue weighted by Gasteiger charge is -2.28. The summed E-state index contributed by atoms with van der Waals surface area (Å²) in [5, 5.41) is 39.0. The molecule has 3 atom stereocenters. The number of halogens is 6. The van der Waals surface area contributed by atoms with Crippen molar-refractivity contribution < 1.29 is 56.4 Å². The van der Waals surface area contributed by atoms with E-state index in [1.807, 2.05) is 37.3 Å². The van der Waals surface area contributed by atoms with E-state index in [-0.39, 0.29) is 50.5 Å². The van der Waals surface area contributed by atoms with Crippen molar-refractivity contribution >= 4 is 11.9 Å². The van der Waals surface area contributed by atoms with Crippen molar-refractivity contribution in [3.05, 3.63) is 153 Å². The lowest BCUT2D eigenvalue weighted by atomic mass is 9.89. The van der Waals surface area contributed by atoms with E-state index in [4.69, 9.17) is 15.9 Å². The van der Waals surface area contributed by atoms with Crippen LogP contribution in [0.2, 0.25) is 0 Å².